The molecule has 7 aromatic heterocycles. The molecule has 696 valence electrons. The second-order valence-corrected chi connectivity index (χ2v) is 44.7. The Hall–Kier alpha value is -15.7. The third-order valence-corrected chi connectivity index (χ3v) is 34.2. The number of hydrogen-bond acceptors (Lipinski definition) is 9. The van der Waals surface area contributed by atoms with Crippen molar-refractivity contribution in [2.45, 2.75) is 96.0 Å². The fraction of sp³-hybridized carbons (Fsp3) is 0.0923. The zero-order valence-corrected chi connectivity index (χ0v) is 84.8. The summed E-state index contributed by atoms with van der Waals surface area (Å²) in [5, 5.41) is 12.1. The number of hydrogen-bond donors (Lipinski definition) is 0. The van der Waals surface area contributed by atoms with Crippen LogP contribution in [-0.2, 0) is 33.8 Å². The average molecular weight is 1960 g/mol. The monoisotopic (exact) mass is 1960 g/mol. The summed E-state index contributed by atoms with van der Waals surface area (Å²) in [6, 6.07) is 154. The van der Waals surface area contributed by atoms with Crippen molar-refractivity contribution in [1.29, 1.82) is 0 Å². The number of aromatic nitrogens is 10. The second kappa shape index (κ2) is 35.7. The zero-order valence-electron chi connectivity index (χ0n) is 80.8. The Balaban J connectivity index is 0.0000000966. The van der Waals surface area contributed by atoms with Gasteiger partial charge in [0.1, 0.15) is 0 Å². The van der Waals surface area contributed by atoms with Crippen LogP contribution < -0.4 is 0 Å². The molecule has 0 aliphatic carbocycles. The van der Waals surface area contributed by atoms with Crippen LogP contribution in [0, 0.1) is 0 Å². The molecule has 0 amide bonds. The van der Waals surface area contributed by atoms with Gasteiger partial charge in [0.25, 0.3) is 0 Å². The fourth-order valence-electron chi connectivity index (χ4n) is 21.8. The number of nitrogens with zero attached hydrogens (tertiary/aromatic N) is 10. The molecule has 4 aliphatic rings. The molecule has 0 radical (unpaired) electrons. The van der Waals surface area contributed by atoms with Gasteiger partial charge >= 0.3 is 0 Å². The molecule has 0 spiro atoms. The summed E-state index contributed by atoms with van der Waals surface area (Å²) in [4.78, 5) is 19.6. The minimum Gasteiger partial charge on any atom is -0.309 e. The fourth-order valence-corrected chi connectivity index (χ4v) is 27.1. The van der Waals surface area contributed by atoms with Gasteiger partial charge in [-0.2, -0.15) is 0 Å². The van der Waals surface area contributed by atoms with Gasteiger partial charge in [0, 0.05) is 76.1 Å². The van der Waals surface area contributed by atoms with Gasteiger partial charge < -0.3 is 9.13 Å². The van der Waals surface area contributed by atoms with E-state index in [1.165, 1.54) is 203 Å². The summed E-state index contributed by atoms with van der Waals surface area (Å²) in [5.41, 5.74) is 44.2. The van der Waals surface area contributed by atoms with Crippen LogP contribution in [0.25, 0.3) is 209 Å². The van der Waals surface area contributed by atoms with Crippen LogP contribution in [0.15, 0.2) is 445 Å². The van der Waals surface area contributed by atoms with Crippen LogP contribution in [0.1, 0.15) is 74.9 Å². The molecule has 0 unspecified atom stereocenters. The van der Waals surface area contributed by atoms with E-state index in [9.17, 15) is 0 Å². The van der Waals surface area contributed by atoms with Crippen LogP contribution in [-0.4, -0.2) is 47.3 Å². The lowest BCUT2D eigenvalue weighted by Crippen LogP contribution is -2.10. The minimum absolute atomic E-state index is 0.0899. The first-order valence-corrected chi connectivity index (χ1v) is 54.3. The van der Waals surface area contributed by atoms with Crippen molar-refractivity contribution in [2.24, 2.45) is 0 Å². The van der Waals surface area contributed by atoms with E-state index in [2.05, 4.69) is 494 Å². The minimum atomic E-state index is 0.0899. The number of rotatable bonds is 8. The normalized spacial score (nSPS) is 13.0. The van der Waals surface area contributed by atoms with Crippen molar-refractivity contribution < 1.29 is 0 Å². The summed E-state index contributed by atoms with van der Waals surface area (Å²) < 4.78 is 16.9. The summed E-state index contributed by atoms with van der Waals surface area (Å²) in [7, 11) is 0. The highest BCUT2D eigenvalue weighted by atomic mass is 32.2. The highest BCUT2D eigenvalue weighted by Crippen LogP contribution is 2.51. The Bertz CT molecular complexity index is 9460. The highest BCUT2D eigenvalue weighted by Gasteiger charge is 2.31. The first-order valence-electron chi connectivity index (χ1n) is 49.5. The van der Waals surface area contributed by atoms with Crippen LogP contribution >= 0.6 is 58.4 Å². The standard InChI is InChI=1S/C38H25N3S.C34H33N3S.C32H22N2S.C26H16N2S2/c1-3-9-25(10-4-1)27-16-19-34-31(21-27)32-22-28(26-11-5-2-6-12-26)17-20-35(32)40(34)30-18-15-29-24-42-38-39-33-13-7-8-14-36(33)41(38)37(29)23-30;1-33(2,3)22-12-15-28-25(17-22)26-18-23(34(4,5)6)13-16-29(26)36(28)24-14-11-21-20-38-32-35-27-9-7-8-10-30(27)37(32)31(21)19-24;1-3-10-22(11-4-1)26-14-9-15-27(23-12-5-2-6-13-23)31(26)24-18-19-25-21-35-32-33-28-16-7-8-17-29(28)34(32)30(25)20-24;1-4-11-24-19(6-1)20-8-5-7-18(25(20)30-24)16-12-13-17-15-29-26-27-21-9-2-3-10-22(21)28(26)23(17)14-16/h1-23H,24H2;7-19H,20H2,1-6H3;1-20H,21H2;1-14H,15H2. The Labute approximate surface area is 861 Å². The number of benzene rings is 19. The number of para-hydroxylation sites is 8. The van der Waals surface area contributed by atoms with Crippen molar-refractivity contribution in [1.82, 2.24) is 47.3 Å². The predicted molar refractivity (Wildman–Crippen MR) is 614 cm³/mol. The van der Waals surface area contributed by atoms with Gasteiger partial charge in [0.15, 0.2) is 20.6 Å². The van der Waals surface area contributed by atoms with Crippen LogP contribution in [0.5, 0.6) is 0 Å². The van der Waals surface area contributed by atoms with E-state index < -0.39 is 0 Å². The van der Waals surface area contributed by atoms with Gasteiger partial charge in [0.05, 0.1) is 88.9 Å². The molecule has 145 heavy (non-hydrogen) atoms. The number of thioether (sulfide) groups is 4. The van der Waals surface area contributed by atoms with Crippen molar-refractivity contribution in [2.75, 3.05) is 0 Å². The van der Waals surface area contributed by atoms with E-state index in [1.807, 2.05) is 58.4 Å². The topological polar surface area (TPSA) is 81.1 Å². The average Bonchev–Trinajstić information content (AvgIpc) is 1.54. The van der Waals surface area contributed by atoms with Gasteiger partial charge in [-0.25, -0.2) is 19.9 Å². The Morgan fingerprint density at radius 1 is 0.214 bits per heavy atom. The van der Waals surface area contributed by atoms with Gasteiger partial charge in [0.2, 0.25) is 0 Å². The highest BCUT2D eigenvalue weighted by molar-refractivity contribution is 7.99. The molecule has 0 saturated heterocycles. The summed E-state index contributed by atoms with van der Waals surface area (Å²) in [5.74, 6) is 3.76. The third-order valence-electron chi connectivity index (χ3n) is 29.0. The SMILES string of the molecule is CC(C)(C)c1ccc2c(c1)c1cc(C(C)(C)C)ccc1n2-c1ccc2c(c1)-n1c(nc3ccccc31)SC2.c1ccc(-c2ccc3c(c2)c2cc(-c4ccccc4)ccc2n3-c2ccc3c(c2)-n2c(nc4ccccc42)SC3)cc1.c1ccc(-c2cccc(-c3ccccc3)c2-c2ccc3c(c2)-n2c(nc4ccccc42)SC3)cc1.c1ccc2c(c1)nc1n2-c2cc(-c3cccc4c3sc3ccccc34)ccc2CS1. The third kappa shape index (κ3) is 15.5. The maximum Gasteiger partial charge on any atom is 0.174 e. The summed E-state index contributed by atoms with van der Waals surface area (Å²) in [6.45, 7) is 13.8. The maximum absolute atomic E-state index is 4.94. The van der Waals surface area contributed by atoms with Crippen LogP contribution in [0.2, 0.25) is 0 Å². The molecular formula is C130H96N10S5. The smallest absolute Gasteiger partial charge is 0.174 e. The number of imidazole rings is 4. The molecule has 11 heterocycles. The Morgan fingerprint density at radius 2 is 0.531 bits per heavy atom. The molecule has 0 bridgehead atoms. The predicted octanol–water partition coefficient (Wildman–Crippen LogP) is 35.7. The first-order chi connectivity index (χ1) is 71.1. The largest absolute Gasteiger partial charge is 0.309 e. The molecule has 19 aromatic carbocycles. The number of thiophene rings is 1. The molecule has 0 N–H and O–H groups in total. The van der Waals surface area contributed by atoms with E-state index in [0.29, 0.717) is 0 Å². The molecule has 4 aliphatic heterocycles. The molecular weight excluding hydrogens is 1860 g/mol. The van der Waals surface area contributed by atoms with E-state index in [1.54, 1.807) is 0 Å². The first kappa shape index (κ1) is 88.2. The molecule has 30 rings (SSSR count). The van der Waals surface area contributed by atoms with Crippen molar-refractivity contribution in [3.63, 3.8) is 0 Å². The van der Waals surface area contributed by atoms with Crippen LogP contribution in [0.4, 0.5) is 0 Å². The Morgan fingerprint density at radius 3 is 0.945 bits per heavy atom. The van der Waals surface area contributed by atoms with Gasteiger partial charge in [-0.1, -0.05) is 374 Å². The van der Waals surface area contributed by atoms with Gasteiger partial charge in [-0.3, -0.25) is 18.3 Å². The lowest BCUT2D eigenvalue weighted by molar-refractivity contribution is 0.590. The van der Waals surface area contributed by atoms with Crippen molar-refractivity contribution in [3.05, 3.63) is 458 Å². The Kier molecular flexibility index (Phi) is 21.7. The molecule has 0 atom stereocenters. The maximum atomic E-state index is 4.94. The molecule has 26 aromatic rings. The molecule has 0 fully saturated rings. The lowest BCUT2D eigenvalue weighted by atomic mass is 9.85. The number of fused-ring (bicyclic) bond motifs is 29. The summed E-state index contributed by atoms with van der Waals surface area (Å²) in [6.07, 6.45) is 0. The van der Waals surface area contributed by atoms with E-state index in [4.69, 9.17) is 19.9 Å². The zero-order chi connectivity index (χ0) is 96.9. The van der Waals surface area contributed by atoms with Crippen molar-refractivity contribution in [3.8, 4) is 101 Å². The van der Waals surface area contributed by atoms with E-state index in [-0.39, 0.29) is 10.8 Å². The van der Waals surface area contributed by atoms with Gasteiger partial charge in [-0.05, 0) is 250 Å². The van der Waals surface area contributed by atoms with Crippen molar-refractivity contribution >= 4 is 166 Å². The van der Waals surface area contributed by atoms with E-state index >= 15 is 0 Å². The molecule has 10 nitrogen and oxygen atoms in total. The quantitative estimate of drug-likeness (QED) is 0.149. The summed E-state index contributed by atoms with van der Waals surface area (Å²) >= 11 is 9.14. The van der Waals surface area contributed by atoms with Gasteiger partial charge in [-0.15, -0.1) is 11.3 Å². The van der Waals surface area contributed by atoms with E-state index in [0.717, 1.165) is 82.4 Å². The lowest BCUT2D eigenvalue weighted by Gasteiger charge is -2.22. The molecule has 0 saturated carbocycles. The van der Waals surface area contributed by atoms with Crippen LogP contribution in [0.3, 0.4) is 0 Å². The second-order valence-electron chi connectivity index (χ2n) is 39.9. The molecule has 15 heteroatoms.